The second-order valence-corrected chi connectivity index (χ2v) is 7.49. The zero-order chi connectivity index (χ0) is 18.5. The molecule has 10 heteroatoms. The quantitative estimate of drug-likeness (QED) is 0.858. The molecule has 0 saturated carbocycles. The fourth-order valence-corrected chi connectivity index (χ4v) is 4.25. The van der Waals surface area contributed by atoms with Crippen LogP contribution in [-0.4, -0.2) is 44.3 Å². The molecule has 2 aromatic heterocycles. The van der Waals surface area contributed by atoms with Gasteiger partial charge in [-0.05, 0) is 26.2 Å². The fraction of sp³-hybridized carbons (Fsp3) is 0.562. The molecule has 2 aromatic rings. The van der Waals surface area contributed by atoms with Crippen molar-refractivity contribution in [1.82, 2.24) is 19.7 Å². The van der Waals surface area contributed by atoms with E-state index in [1.165, 1.54) is 11.3 Å². The van der Waals surface area contributed by atoms with E-state index in [0.717, 1.165) is 11.1 Å². The lowest BCUT2D eigenvalue weighted by atomic mass is 10.1. The number of anilines is 1. The number of carbonyl (C=O) groups excluding carboxylic acids is 1. The van der Waals surface area contributed by atoms with Crippen LogP contribution in [0.5, 0.6) is 0 Å². The van der Waals surface area contributed by atoms with Crippen LogP contribution in [0.4, 0.5) is 19.0 Å². The van der Waals surface area contributed by atoms with Gasteiger partial charge in [0, 0.05) is 24.0 Å². The average Bonchev–Trinajstić information content (AvgIpc) is 3.31. The van der Waals surface area contributed by atoms with Crippen LogP contribution in [0.1, 0.15) is 54.5 Å². The first-order valence-corrected chi connectivity index (χ1v) is 9.40. The van der Waals surface area contributed by atoms with Crippen LogP contribution in [0, 0.1) is 0 Å². The minimum Gasteiger partial charge on any atom is -0.368 e. The number of halogens is 3. The smallest absolute Gasteiger partial charge is 0.368 e. The third-order valence-corrected chi connectivity index (χ3v) is 5.49. The largest absolute Gasteiger partial charge is 0.410 e. The molecule has 1 amide bonds. The van der Waals surface area contributed by atoms with Crippen LogP contribution in [-0.2, 0) is 0 Å². The second-order valence-electron chi connectivity index (χ2n) is 6.77. The van der Waals surface area contributed by atoms with E-state index in [0.29, 0.717) is 30.2 Å². The molecular weight excluding hydrogens is 367 g/mol. The van der Waals surface area contributed by atoms with Crippen LogP contribution in [0.3, 0.4) is 0 Å². The maximum atomic E-state index is 13.4. The van der Waals surface area contributed by atoms with Crippen molar-refractivity contribution in [3.05, 3.63) is 28.3 Å². The number of thiazole rings is 1. The van der Waals surface area contributed by atoms with Gasteiger partial charge >= 0.3 is 6.18 Å². The summed E-state index contributed by atoms with van der Waals surface area (Å²) < 4.78 is 41.3. The van der Waals surface area contributed by atoms with Crippen LogP contribution >= 0.6 is 11.3 Å². The van der Waals surface area contributed by atoms with Crippen molar-refractivity contribution in [2.24, 2.45) is 0 Å². The molecule has 1 fully saturated rings. The van der Waals surface area contributed by atoms with E-state index >= 15 is 0 Å². The molecular formula is C16H18F3N5OS. The highest BCUT2D eigenvalue weighted by molar-refractivity contribution is 7.07. The van der Waals surface area contributed by atoms with E-state index in [2.05, 4.69) is 15.4 Å². The molecule has 140 valence electrons. The zero-order valence-corrected chi connectivity index (χ0v) is 14.8. The van der Waals surface area contributed by atoms with E-state index in [1.54, 1.807) is 28.8 Å². The third kappa shape index (κ3) is 2.95. The number of aromatic nitrogens is 3. The Bertz CT molecular complexity index is 803. The normalized spacial score (nSPS) is 25.8. The molecule has 0 aliphatic carbocycles. The first-order chi connectivity index (χ1) is 12.3. The second kappa shape index (κ2) is 6.26. The maximum absolute atomic E-state index is 13.4. The van der Waals surface area contributed by atoms with Crippen molar-refractivity contribution in [2.75, 3.05) is 11.9 Å². The molecule has 0 radical (unpaired) electrons. The van der Waals surface area contributed by atoms with Gasteiger partial charge in [0.2, 0.25) is 0 Å². The minimum atomic E-state index is -4.36. The Kier molecular flexibility index (Phi) is 4.17. The van der Waals surface area contributed by atoms with Gasteiger partial charge in [-0.3, -0.25) is 4.79 Å². The summed E-state index contributed by atoms with van der Waals surface area (Å²) in [6.07, 6.45) is -2.96. The topological polar surface area (TPSA) is 63.1 Å². The molecule has 1 saturated heterocycles. The van der Waals surface area contributed by atoms with Crippen molar-refractivity contribution < 1.29 is 18.0 Å². The first kappa shape index (κ1) is 17.3. The molecule has 0 aromatic carbocycles. The summed E-state index contributed by atoms with van der Waals surface area (Å²) in [7, 11) is 0. The summed E-state index contributed by atoms with van der Waals surface area (Å²) in [5, 5.41) is 8.99. The SMILES string of the molecule is C[C@@H]1C[C@H](C(F)(F)F)n2nc([C@H]3CCCN3C(=O)c3cscn3)cc2N1. The van der Waals surface area contributed by atoms with Gasteiger partial charge in [-0.2, -0.15) is 18.3 Å². The number of nitrogens with one attached hydrogen (secondary N) is 1. The summed E-state index contributed by atoms with van der Waals surface area (Å²) in [4.78, 5) is 18.4. The van der Waals surface area contributed by atoms with Gasteiger partial charge in [-0.25, -0.2) is 9.67 Å². The number of likely N-dealkylation sites (tertiary alicyclic amines) is 1. The van der Waals surface area contributed by atoms with Crippen molar-refractivity contribution in [3.63, 3.8) is 0 Å². The van der Waals surface area contributed by atoms with Gasteiger partial charge < -0.3 is 10.2 Å². The lowest BCUT2D eigenvalue weighted by Gasteiger charge is -2.31. The van der Waals surface area contributed by atoms with E-state index in [4.69, 9.17) is 0 Å². The van der Waals surface area contributed by atoms with Crippen LogP contribution in [0.2, 0.25) is 0 Å². The molecule has 2 aliphatic rings. The fourth-order valence-electron chi connectivity index (χ4n) is 3.72. The summed E-state index contributed by atoms with van der Waals surface area (Å²) in [5.41, 5.74) is 2.45. The Morgan fingerprint density at radius 1 is 1.42 bits per heavy atom. The Labute approximate surface area is 152 Å². The number of hydrogen-bond acceptors (Lipinski definition) is 5. The van der Waals surface area contributed by atoms with Crippen LogP contribution < -0.4 is 5.32 Å². The summed E-state index contributed by atoms with van der Waals surface area (Å²) in [6, 6.07) is -0.624. The maximum Gasteiger partial charge on any atom is 0.410 e. The summed E-state index contributed by atoms with van der Waals surface area (Å²) in [6.45, 7) is 2.28. The van der Waals surface area contributed by atoms with Crippen molar-refractivity contribution in [2.45, 2.75) is 50.5 Å². The monoisotopic (exact) mass is 385 g/mol. The minimum absolute atomic E-state index is 0.0657. The Morgan fingerprint density at radius 2 is 2.23 bits per heavy atom. The molecule has 4 heterocycles. The van der Waals surface area contributed by atoms with Crippen LogP contribution in [0.15, 0.2) is 17.0 Å². The van der Waals surface area contributed by atoms with Crippen molar-refractivity contribution >= 4 is 23.1 Å². The van der Waals surface area contributed by atoms with E-state index in [1.807, 2.05) is 0 Å². The highest BCUT2D eigenvalue weighted by Gasteiger charge is 2.46. The molecule has 0 bridgehead atoms. The average molecular weight is 385 g/mol. The Balaban J connectivity index is 1.65. The molecule has 2 aliphatic heterocycles. The van der Waals surface area contributed by atoms with Gasteiger partial charge in [0.1, 0.15) is 11.5 Å². The lowest BCUT2D eigenvalue weighted by molar-refractivity contribution is -0.173. The van der Waals surface area contributed by atoms with E-state index < -0.39 is 12.2 Å². The van der Waals surface area contributed by atoms with Gasteiger partial charge in [0.05, 0.1) is 17.2 Å². The standard InChI is InChI=1S/C16H18F3N5OS/c1-9-5-13(16(17,18)19)24-14(21-9)6-10(22-24)12-3-2-4-23(12)15(25)11-7-26-8-20-11/h6-9,12-13,21H,2-5H2,1H3/t9-,12-,13-/m1/s1. The first-order valence-electron chi connectivity index (χ1n) is 8.46. The van der Waals surface area contributed by atoms with Crippen molar-refractivity contribution in [1.29, 1.82) is 0 Å². The van der Waals surface area contributed by atoms with E-state index in [-0.39, 0.29) is 24.4 Å². The molecule has 4 rings (SSSR count). The number of nitrogens with zero attached hydrogens (tertiary/aromatic N) is 4. The molecule has 0 spiro atoms. The summed E-state index contributed by atoms with van der Waals surface area (Å²) >= 11 is 1.34. The number of carbonyl (C=O) groups is 1. The molecule has 0 unspecified atom stereocenters. The number of fused-ring (bicyclic) bond motifs is 1. The van der Waals surface area contributed by atoms with Gasteiger partial charge in [0.25, 0.3) is 5.91 Å². The van der Waals surface area contributed by atoms with Crippen molar-refractivity contribution in [3.8, 4) is 0 Å². The number of amides is 1. The number of alkyl halides is 3. The molecule has 3 atom stereocenters. The molecule has 26 heavy (non-hydrogen) atoms. The van der Waals surface area contributed by atoms with Gasteiger partial charge in [-0.15, -0.1) is 11.3 Å². The zero-order valence-electron chi connectivity index (χ0n) is 14.0. The highest BCUT2D eigenvalue weighted by Crippen LogP contribution is 2.41. The lowest BCUT2D eigenvalue weighted by Crippen LogP contribution is -2.38. The Morgan fingerprint density at radius 3 is 2.92 bits per heavy atom. The Hall–Kier alpha value is -2.10. The van der Waals surface area contributed by atoms with Gasteiger partial charge in [-0.1, -0.05) is 0 Å². The molecule has 6 nitrogen and oxygen atoms in total. The summed E-state index contributed by atoms with van der Waals surface area (Å²) in [5.74, 6) is 0.155. The highest BCUT2D eigenvalue weighted by atomic mass is 32.1. The van der Waals surface area contributed by atoms with Gasteiger partial charge in [0.15, 0.2) is 6.04 Å². The third-order valence-electron chi connectivity index (χ3n) is 4.91. The van der Waals surface area contributed by atoms with Crippen LogP contribution in [0.25, 0.3) is 0 Å². The molecule has 1 N–H and O–H groups in total. The number of hydrogen-bond donors (Lipinski definition) is 1. The van der Waals surface area contributed by atoms with E-state index in [9.17, 15) is 18.0 Å². The predicted octanol–water partition coefficient (Wildman–Crippen LogP) is 3.62. The number of rotatable bonds is 2. The predicted molar refractivity (Wildman–Crippen MR) is 90.1 cm³/mol.